The van der Waals surface area contributed by atoms with Gasteiger partial charge in [0.1, 0.15) is 5.76 Å². The van der Waals surface area contributed by atoms with Gasteiger partial charge in [0, 0.05) is 6.42 Å². The molecule has 1 rings (SSSR count). The zero-order valence-electron chi connectivity index (χ0n) is 6.40. The number of halogens is 3. The molecule has 0 amide bonds. The van der Waals surface area contributed by atoms with Gasteiger partial charge >= 0.3 is 6.18 Å². The van der Waals surface area contributed by atoms with Crippen LogP contribution in [0.5, 0.6) is 0 Å². The van der Waals surface area contributed by atoms with E-state index in [4.69, 9.17) is 10.5 Å². The predicted octanol–water partition coefficient (Wildman–Crippen LogP) is 1.57. The minimum atomic E-state index is -4.22. The first-order valence-electron chi connectivity index (χ1n) is 3.64. The molecule has 0 fully saturated rings. The molecule has 0 radical (unpaired) electrons. The van der Waals surface area contributed by atoms with E-state index in [0.29, 0.717) is 13.0 Å². The number of hydrogen-bond donors (Lipinski definition) is 1. The zero-order chi connectivity index (χ0) is 9.19. The third-order valence-electron chi connectivity index (χ3n) is 1.55. The molecule has 0 spiro atoms. The van der Waals surface area contributed by atoms with Gasteiger partial charge in [-0.05, 0) is 6.08 Å². The largest absolute Gasteiger partial charge is 0.496 e. The summed E-state index contributed by atoms with van der Waals surface area (Å²) >= 11 is 0. The monoisotopic (exact) mass is 181 g/mol. The van der Waals surface area contributed by atoms with Crippen molar-refractivity contribution in [2.75, 3.05) is 6.61 Å². The highest BCUT2D eigenvalue weighted by Crippen LogP contribution is 2.25. The SMILES string of the molecule is NC(CC(F)(F)F)C1=CCCO1. The molecule has 0 saturated heterocycles. The standard InChI is InChI=1S/C7H10F3NO/c8-7(9,10)4-5(11)6-2-1-3-12-6/h2,5H,1,3-4,11H2. The Kier molecular flexibility index (Phi) is 2.62. The van der Waals surface area contributed by atoms with Gasteiger partial charge in [0.25, 0.3) is 0 Å². The molecule has 1 unspecified atom stereocenters. The van der Waals surface area contributed by atoms with Gasteiger partial charge in [0.05, 0.1) is 19.1 Å². The van der Waals surface area contributed by atoms with E-state index < -0.39 is 18.6 Å². The number of nitrogens with two attached hydrogens (primary N) is 1. The van der Waals surface area contributed by atoms with Crippen molar-refractivity contribution in [2.45, 2.75) is 25.1 Å². The number of hydrogen-bond acceptors (Lipinski definition) is 2. The molecule has 1 heterocycles. The molecule has 2 N–H and O–H groups in total. The van der Waals surface area contributed by atoms with E-state index >= 15 is 0 Å². The van der Waals surface area contributed by atoms with Crippen LogP contribution in [0.3, 0.4) is 0 Å². The fourth-order valence-electron chi connectivity index (χ4n) is 1.05. The van der Waals surface area contributed by atoms with Crippen molar-refractivity contribution in [3.05, 3.63) is 11.8 Å². The van der Waals surface area contributed by atoms with Crippen molar-refractivity contribution in [1.29, 1.82) is 0 Å². The Morgan fingerprint density at radius 1 is 1.58 bits per heavy atom. The second-order valence-corrected chi connectivity index (χ2v) is 2.67. The van der Waals surface area contributed by atoms with E-state index in [9.17, 15) is 13.2 Å². The topological polar surface area (TPSA) is 35.2 Å². The molecule has 5 heteroatoms. The fourth-order valence-corrected chi connectivity index (χ4v) is 1.05. The second-order valence-electron chi connectivity index (χ2n) is 2.67. The fraction of sp³-hybridized carbons (Fsp3) is 0.714. The molecule has 2 nitrogen and oxygen atoms in total. The maximum Gasteiger partial charge on any atom is 0.391 e. The minimum absolute atomic E-state index is 0.271. The summed E-state index contributed by atoms with van der Waals surface area (Å²) < 4.78 is 40.3. The summed E-state index contributed by atoms with van der Waals surface area (Å²) in [5, 5.41) is 0. The van der Waals surface area contributed by atoms with Gasteiger partial charge in [-0.3, -0.25) is 0 Å². The lowest BCUT2D eigenvalue weighted by Gasteiger charge is -2.14. The van der Waals surface area contributed by atoms with Gasteiger partial charge < -0.3 is 10.5 Å². The van der Waals surface area contributed by atoms with E-state index in [1.165, 1.54) is 0 Å². The lowest BCUT2D eigenvalue weighted by molar-refractivity contribution is -0.138. The first-order chi connectivity index (χ1) is 5.49. The molecular formula is C7H10F3NO. The maximum atomic E-state index is 11.8. The summed E-state index contributed by atoms with van der Waals surface area (Å²) in [5.74, 6) is 0.271. The number of alkyl halides is 3. The van der Waals surface area contributed by atoms with Gasteiger partial charge in [0.15, 0.2) is 0 Å². The molecule has 1 aliphatic rings. The molecule has 0 aromatic carbocycles. The van der Waals surface area contributed by atoms with E-state index in [-0.39, 0.29) is 5.76 Å². The molecule has 0 aliphatic carbocycles. The van der Waals surface area contributed by atoms with Crippen LogP contribution < -0.4 is 5.73 Å². The lowest BCUT2D eigenvalue weighted by Crippen LogP contribution is -2.29. The van der Waals surface area contributed by atoms with Crippen LogP contribution >= 0.6 is 0 Å². The van der Waals surface area contributed by atoms with Gasteiger partial charge in [-0.25, -0.2) is 0 Å². The maximum absolute atomic E-state index is 11.8. The summed E-state index contributed by atoms with van der Waals surface area (Å²) in [4.78, 5) is 0. The van der Waals surface area contributed by atoms with E-state index in [0.717, 1.165) is 0 Å². The van der Waals surface area contributed by atoms with Gasteiger partial charge in [0.2, 0.25) is 0 Å². The van der Waals surface area contributed by atoms with Crippen LogP contribution in [-0.4, -0.2) is 18.8 Å². The van der Waals surface area contributed by atoms with Gasteiger partial charge in [-0.1, -0.05) is 0 Å². The highest BCUT2D eigenvalue weighted by molar-refractivity contribution is 5.06. The molecule has 1 atom stereocenters. The Hall–Kier alpha value is -0.710. The van der Waals surface area contributed by atoms with Crippen LogP contribution in [0, 0.1) is 0 Å². The minimum Gasteiger partial charge on any atom is -0.496 e. The molecule has 12 heavy (non-hydrogen) atoms. The van der Waals surface area contributed by atoms with E-state index in [1.54, 1.807) is 6.08 Å². The van der Waals surface area contributed by atoms with Crippen molar-refractivity contribution in [1.82, 2.24) is 0 Å². The summed E-state index contributed by atoms with van der Waals surface area (Å²) in [7, 11) is 0. The van der Waals surface area contributed by atoms with Crippen LogP contribution in [0.15, 0.2) is 11.8 Å². The first-order valence-corrected chi connectivity index (χ1v) is 3.64. The molecule has 0 bridgehead atoms. The van der Waals surface area contributed by atoms with E-state index in [2.05, 4.69) is 0 Å². The zero-order valence-corrected chi connectivity index (χ0v) is 6.40. The molecule has 70 valence electrons. The molecule has 0 aromatic rings. The van der Waals surface area contributed by atoms with Crippen molar-refractivity contribution < 1.29 is 17.9 Å². The second kappa shape index (κ2) is 3.35. The van der Waals surface area contributed by atoms with Crippen molar-refractivity contribution in [3.63, 3.8) is 0 Å². The Balaban J connectivity index is 2.42. The smallest absolute Gasteiger partial charge is 0.391 e. The average Bonchev–Trinajstić information content (AvgIpc) is 2.32. The number of rotatable bonds is 2. The van der Waals surface area contributed by atoms with Crippen molar-refractivity contribution in [2.24, 2.45) is 5.73 Å². The van der Waals surface area contributed by atoms with Crippen LogP contribution in [0.2, 0.25) is 0 Å². The van der Waals surface area contributed by atoms with Crippen LogP contribution in [0.4, 0.5) is 13.2 Å². The predicted molar refractivity (Wildman–Crippen MR) is 37.3 cm³/mol. The molecule has 1 aliphatic heterocycles. The van der Waals surface area contributed by atoms with Crippen LogP contribution in [0.1, 0.15) is 12.8 Å². The van der Waals surface area contributed by atoms with Gasteiger partial charge in [-0.2, -0.15) is 13.2 Å². The third kappa shape index (κ3) is 2.73. The summed E-state index contributed by atoms with van der Waals surface area (Å²) in [6.45, 7) is 0.445. The Morgan fingerprint density at radius 2 is 2.25 bits per heavy atom. The Bertz CT molecular complexity index is 188. The van der Waals surface area contributed by atoms with Crippen LogP contribution in [0.25, 0.3) is 0 Å². The van der Waals surface area contributed by atoms with Crippen molar-refractivity contribution in [3.8, 4) is 0 Å². The Morgan fingerprint density at radius 3 is 2.67 bits per heavy atom. The normalized spacial score (nSPS) is 20.2. The molecule has 0 saturated carbocycles. The van der Waals surface area contributed by atoms with Crippen molar-refractivity contribution >= 4 is 0 Å². The summed E-state index contributed by atoms with van der Waals surface area (Å²) in [6, 6.07) is -1.03. The molecule has 0 aromatic heterocycles. The number of ether oxygens (including phenoxy) is 1. The molecular weight excluding hydrogens is 171 g/mol. The highest BCUT2D eigenvalue weighted by atomic mass is 19.4. The summed E-state index contributed by atoms with van der Waals surface area (Å²) in [6.07, 6.45) is -2.97. The summed E-state index contributed by atoms with van der Waals surface area (Å²) in [5.41, 5.74) is 5.25. The van der Waals surface area contributed by atoms with Gasteiger partial charge in [-0.15, -0.1) is 0 Å². The average molecular weight is 181 g/mol. The highest BCUT2D eigenvalue weighted by Gasteiger charge is 2.32. The first kappa shape index (κ1) is 9.38. The third-order valence-corrected chi connectivity index (χ3v) is 1.55. The van der Waals surface area contributed by atoms with E-state index in [1.807, 2.05) is 0 Å². The van der Waals surface area contributed by atoms with Crippen LogP contribution in [-0.2, 0) is 4.74 Å². The Labute approximate surface area is 68.2 Å². The lowest BCUT2D eigenvalue weighted by atomic mass is 10.2. The quantitative estimate of drug-likeness (QED) is 0.701.